The quantitative estimate of drug-likeness (QED) is 0.890. The number of benzene rings is 1. The van der Waals surface area contributed by atoms with Crippen LogP contribution in [0.1, 0.15) is 18.1 Å². The normalized spacial score (nSPS) is 9.83. The van der Waals surface area contributed by atoms with Gasteiger partial charge < -0.3 is 5.32 Å². The molecule has 90 valence electrons. The van der Waals surface area contributed by atoms with E-state index in [2.05, 4.69) is 16.4 Å². The first-order valence-electron chi connectivity index (χ1n) is 5.95. The van der Waals surface area contributed by atoms with Crippen molar-refractivity contribution in [2.75, 3.05) is 11.9 Å². The van der Waals surface area contributed by atoms with Crippen LogP contribution in [0.3, 0.4) is 0 Å². The topological polar surface area (TPSA) is 48.7 Å². The summed E-state index contributed by atoms with van der Waals surface area (Å²) in [6.45, 7) is 4.91. The van der Waals surface area contributed by atoms with E-state index in [-0.39, 0.29) is 0 Å². The second kappa shape index (κ2) is 5.33. The monoisotopic (exact) mass is 237 g/mol. The predicted molar refractivity (Wildman–Crippen MR) is 73.3 cm³/mol. The summed E-state index contributed by atoms with van der Waals surface area (Å²) < 4.78 is 0. The second-order valence-electron chi connectivity index (χ2n) is 4.10. The van der Waals surface area contributed by atoms with Crippen LogP contribution in [-0.2, 0) is 0 Å². The zero-order valence-corrected chi connectivity index (χ0v) is 10.6. The molecule has 0 saturated heterocycles. The molecule has 1 aromatic heterocycles. The third-order valence-corrected chi connectivity index (χ3v) is 2.78. The maximum atomic E-state index is 8.87. The lowest BCUT2D eigenvalue weighted by molar-refractivity contribution is 1.16. The fraction of sp³-hybridized carbons (Fsp3) is 0.200. The summed E-state index contributed by atoms with van der Waals surface area (Å²) >= 11 is 0. The Morgan fingerprint density at radius 2 is 2.11 bits per heavy atom. The van der Waals surface area contributed by atoms with Crippen molar-refractivity contribution in [2.24, 2.45) is 0 Å². The molecule has 1 heterocycles. The van der Waals surface area contributed by atoms with Crippen molar-refractivity contribution < 1.29 is 0 Å². The van der Waals surface area contributed by atoms with E-state index >= 15 is 0 Å². The Morgan fingerprint density at radius 3 is 2.78 bits per heavy atom. The molecule has 0 fully saturated rings. The Morgan fingerprint density at radius 1 is 1.28 bits per heavy atom. The lowest BCUT2D eigenvalue weighted by Crippen LogP contribution is -1.98. The highest BCUT2D eigenvalue weighted by atomic mass is 15.0. The fourth-order valence-corrected chi connectivity index (χ4v) is 1.93. The lowest BCUT2D eigenvalue weighted by Gasteiger charge is -2.08. The van der Waals surface area contributed by atoms with Crippen LogP contribution in [0.5, 0.6) is 0 Å². The molecule has 0 bridgehead atoms. The molecule has 3 nitrogen and oxygen atoms in total. The average molecular weight is 237 g/mol. The highest BCUT2D eigenvalue weighted by molar-refractivity contribution is 5.70. The number of aryl methyl sites for hydroxylation is 1. The molecule has 0 aliphatic rings. The molecule has 0 spiro atoms. The molecule has 0 atom stereocenters. The first kappa shape index (κ1) is 12.1. The van der Waals surface area contributed by atoms with Crippen molar-refractivity contribution in [1.29, 1.82) is 5.26 Å². The van der Waals surface area contributed by atoms with Gasteiger partial charge in [-0.2, -0.15) is 5.26 Å². The number of aromatic nitrogens is 1. The first-order valence-corrected chi connectivity index (χ1v) is 5.95. The maximum Gasteiger partial charge on any atom is 0.126 e. The van der Waals surface area contributed by atoms with Crippen LogP contribution in [0, 0.1) is 18.3 Å². The number of nitrogens with zero attached hydrogens (tertiary/aromatic N) is 2. The standard InChI is InChI=1S/C15H15N3/c1-3-17-15-9-13(6-7-18-15)14-5-4-12(10-16)8-11(14)2/h4-9H,3H2,1-2H3,(H,17,18). The van der Waals surface area contributed by atoms with Gasteiger partial charge in [-0.1, -0.05) is 6.07 Å². The molecule has 1 aromatic carbocycles. The molecule has 3 heteroatoms. The van der Waals surface area contributed by atoms with E-state index in [0.717, 1.165) is 29.1 Å². The number of rotatable bonds is 3. The van der Waals surface area contributed by atoms with E-state index in [9.17, 15) is 0 Å². The third kappa shape index (κ3) is 2.49. The van der Waals surface area contributed by atoms with Gasteiger partial charge in [-0.05, 0) is 54.8 Å². The number of pyridine rings is 1. The van der Waals surface area contributed by atoms with Gasteiger partial charge in [0.1, 0.15) is 5.82 Å². The van der Waals surface area contributed by atoms with Crippen molar-refractivity contribution in [3.05, 3.63) is 47.7 Å². The van der Waals surface area contributed by atoms with Crippen molar-refractivity contribution in [2.45, 2.75) is 13.8 Å². The molecule has 2 rings (SSSR count). The summed E-state index contributed by atoms with van der Waals surface area (Å²) in [7, 11) is 0. The summed E-state index contributed by atoms with van der Waals surface area (Å²) in [6, 6.07) is 11.9. The third-order valence-electron chi connectivity index (χ3n) is 2.78. The lowest BCUT2D eigenvalue weighted by atomic mass is 9.99. The van der Waals surface area contributed by atoms with Gasteiger partial charge in [-0.25, -0.2) is 4.98 Å². The highest BCUT2D eigenvalue weighted by Gasteiger charge is 2.04. The predicted octanol–water partition coefficient (Wildman–Crippen LogP) is 3.36. The molecule has 0 aliphatic heterocycles. The van der Waals surface area contributed by atoms with Crippen molar-refractivity contribution in [3.8, 4) is 17.2 Å². The smallest absolute Gasteiger partial charge is 0.126 e. The van der Waals surface area contributed by atoms with Gasteiger partial charge in [-0.3, -0.25) is 0 Å². The number of hydrogen-bond donors (Lipinski definition) is 1. The number of hydrogen-bond acceptors (Lipinski definition) is 3. The van der Waals surface area contributed by atoms with Crippen LogP contribution in [-0.4, -0.2) is 11.5 Å². The Labute approximate surface area is 107 Å². The molecular weight excluding hydrogens is 222 g/mol. The van der Waals surface area contributed by atoms with Gasteiger partial charge in [0.05, 0.1) is 11.6 Å². The van der Waals surface area contributed by atoms with E-state index in [1.165, 1.54) is 0 Å². The zero-order chi connectivity index (χ0) is 13.0. The first-order chi connectivity index (χ1) is 8.74. The van der Waals surface area contributed by atoms with Gasteiger partial charge in [0.2, 0.25) is 0 Å². The fourth-order valence-electron chi connectivity index (χ4n) is 1.93. The molecule has 2 aromatic rings. The Kier molecular flexibility index (Phi) is 3.59. The molecule has 0 aliphatic carbocycles. The van der Waals surface area contributed by atoms with Crippen LogP contribution < -0.4 is 5.32 Å². The van der Waals surface area contributed by atoms with Crippen LogP contribution >= 0.6 is 0 Å². The Bertz CT molecular complexity index is 597. The number of nitrogens with one attached hydrogen (secondary N) is 1. The molecule has 0 radical (unpaired) electrons. The minimum absolute atomic E-state index is 0.692. The number of anilines is 1. The highest BCUT2D eigenvalue weighted by Crippen LogP contribution is 2.25. The molecular formula is C15H15N3. The van der Waals surface area contributed by atoms with Crippen molar-refractivity contribution in [3.63, 3.8) is 0 Å². The van der Waals surface area contributed by atoms with E-state index in [1.54, 1.807) is 6.20 Å². The van der Waals surface area contributed by atoms with Crippen LogP contribution in [0.15, 0.2) is 36.5 Å². The van der Waals surface area contributed by atoms with Crippen molar-refractivity contribution >= 4 is 5.82 Å². The summed E-state index contributed by atoms with van der Waals surface area (Å²) in [5, 5.41) is 12.1. The van der Waals surface area contributed by atoms with E-state index in [0.29, 0.717) is 5.56 Å². The zero-order valence-electron chi connectivity index (χ0n) is 10.6. The van der Waals surface area contributed by atoms with E-state index in [1.807, 2.05) is 44.2 Å². The van der Waals surface area contributed by atoms with Crippen LogP contribution in [0.25, 0.3) is 11.1 Å². The average Bonchev–Trinajstić information content (AvgIpc) is 2.39. The maximum absolute atomic E-state index is 8.87. The van der Waals surface area contributed by atoms with Gasteiger partial charge in [0.25, 0.3) is 0 Å². The molecule has 1 N–H and O–H groups in total. The number of nitriles is 1. The summed E-state index contributed by atoms with van der Waals surface area (Å²) in [4.78, 5) is 4.25. The largest absolute Gasteiger partial charge is 0.370 e. The Balaban J connectivity index is 2.42. The van der Waals surface area contributed by atoms with Gasteiger partial charge in [0.15, 0.2) is 0 Å². The minimum atomic E-state index is 0.692. The summed E-state index contributed by atoms with van der Waals surface area (Å²) in [5.41, 5.74) is 4.04. The van der Waals surface area contributed by atoms with Crippen molar-refractivity contribution in [1.82, 2.24) is 4.98 Å². The SMILES string of the molecule is CCNc1cc(-c2ccc(C#N)cc2C)ccn1. The molecule has 0 amide bonds. The summed E-state index contributed by atoms with van der Waals surface area (Å²) in [6.07, 6.45) is 1.80. The van der Waals surface area contributed by atoms with Gasteiger partial charge in [0, 0.05) is 12.7 Å². The van der Waals surface area contributed by atoms with E-state index in [4.69, 9.17) is 5.26 Å². The van der Waals surface area contributed by atoms with Gasteiger partial charge >= 0.3 is 0 Å². The van der Waals surface area contributed by atoms with E-state index < -0.39 is 0 Å². The van der Waals surface area contributed by atoms with Crippen LogP contribution in [0.4, 0.5) is 5.82 Å². The second-order valence-corrected chi connectivity index (χ2v) is 4.10. The molecule has 0 saturated carbocycles. The molecule has 0 unspecified atom stereocenters. The van der Waals surface area contributed by atoms with Gasteiger partial charge in [-0.15, -0.1) is 0 Å². The Hall–Kier alpha value is -2.34. The summed E-state index contributed by atoms with van der Waals surface area (Å²) in [5.74, 6) is 0.874. The molecule has 18 heavy (non-hydrogen) atoms. The van der Waals surface area contributed by atoms with Crippen LogP contribution in [0.2, 0.25) is 0 Å². The minimum Gasteiger partial charge on any atom is -0.370 e.